The lowest BCUT2D eigenvalue weighted by atomic mass is 9.58. The van der Waals surface area contributed by atoms with Crippen LogP contribution in [0.15, 0.2) is 30.3 Å². The standard InChI is InChI=1S/C18H23NO3/c20-17(19-11-10-12-4-2-1-3-5-12)15-13-6-8-14(9-7-13)16(15)18(21)22/h1-5,13-16H,6-11H2,(H,19,20)(H,21,22)/p-1/t13?,14?,15-,16-/m0/s1. The highest BCUT2D eigenvalue weighted by Gasteiger charge is 2.47. The number of fused-ring (bicyclic) bond motifs is 3. The summed E-state index contributed by atoms with van der Waals surface area (Å²) >= 11 is 0. The van der Waals surface area contributed by atoms with E-state index in [4.69, 9.17) is 0 Å². The molecule has 22 heavy (non-hydrogen) atoms. The lowest BCUT2D eigenvalue weighted by molar-refractivity contribution is -0.318. The Balaban J connectivity index is 1.59. The van der Waals surface area contributed by atoms with Crippen molar-refractivity contribution in [2.45, 2.75) is 32.1 Å². The minimum atomic E-state index is -1.04. The molecular weight excluding hydrogens is 278 g/mol. The van der Waals surface area contributed by atoms with Crippen molar-refractivity contribution < 1.29 is 14.7 Å². The number of carbonyl (C=O) groups excluding carboxylic acids is 2. The van der Waals surface area contributed by atoms with Crippen LogP contribution in [0, 0.1) is 23.7 Å². The van der Waals surface area contributed by atoms with Crippen LogP contribution in [-0.2, 0) is 16.0 Å². The van der Waals surface area contributed by atoms with Crippen molar-refractivity contribution >= 4 is 11.9 Å². The highest BCUT2D eigenvalue weighted by molar-refractivity contribution is 5.85. The van der Waals surface area contributed by atoms with Crippen LogP contribution in [0.4, 0.5) is 0 Å². The van der Waals surface area contributed by atoms with E-state index in [2.05, 4.69) is 5.32 Å². The fourth-order valence-electron chi connectivity index (χ4n) is 4.26. The van der Waals surface area contributed by atoms with Crippen LogP contribution in [-0.4, -0.2) is 18.4 Å². The van der Waals surface area contributed by atoms with E-state index < -0.39 is 17.8 Å². The van der Waals surface area contributed by atoms with E-state index in [1.54, 1.807) is 0 Å². The minimum absolute atomic E-state index is 0.0977. The van der Waals surface area contributed by atoms with Gasteiger partial charge < -0.3 is 15.2 Å². The molecule has 3 aliphatic rings. The zero-order valence-electron chi connectivity index (χ0n) is 12.7. The van der Waals surface area contributed by atoms with Gasteiger partial charge in [0.2, 0.25) is 5.91 Å². The van der Waals surface area contributed by atoms with E-state index in [0.29, 0.717) is 6.54 Å². The van der Waals surface area contributed by atoms with Crippen molar-refractivity contribution in [3.8, 4) is 0 Å². The summed E-state index contributed by atoms with van der Waals surface area (Å²) in [6.07, 6.45) is 4.58. The second-order valence-electron chi connectivity index (χ2n) is 6.57. The van der Waals surface area contributed by atoms with Gasteiger partial charge in [0.1, 0.15) is 0 Å². The molecule has 1 aromatic carbocycles. The third-order valence-corrected chi connectivity index (χ3v) is 5.35. The van der Waals surface area contributed by atoms with E-state index in [0.717, 1.165) is 32.1 Å². The Bertz CT molecular complexity index is 535. The van der Waals surface area contributed by atoms with Crippen LogP contribution in [0.5, 0.6) is 0 Å². The van der Waals surface area contributed by atoms with Crippen molar-refractivity contribution in [1.29, 1.82) is 0 Å². The molecule has 0 heterocycles. The topological polar surface area (TPSA) is 69.2 Å². The molecule has 118 valence electrons. The summed E-state index contributed by atoms with van der Waals surface area (Å²) in [6, 6.07) is 9.97. The first-order valence-corrected chi connectivity index (χ1v) is 8.19. The lowest BCUT2D eigenvalue weighted by Gasteiger charge is -2.48. The Kier molecular flexibility index (Phi) is 4.46. The van der Waals surface area contributed by atoms with Gasteiger partial charge in [0.25, 0.3) is 0 Å². The maximum atomic E-state index is 12.5. The molecule has 1 amide bonds. The van der Waals surface area contributed by atoms with Crippen LogP contribution < -0.4 is 10.4 Å². The van der Waals surface area contributed by atoms with E-state index >= 15 is 0 Å². The number of carboxylic acid groups (broad SMARTS) is 1. The maximum Gasteiger partial charge on any atom is 0.224 e. The first-order chi connectivity index (χ1) is 10.7. The molecule has 4 nitrogen and oxygen atoms in total. The van der Waals surface area contributed by atoms with Gasteiger partial charge in [0, 0.05) is 24.3 Å². The second kappa shape index (κ2) is 6.51. The summed E-state index contributed by atoms with van der Waals surface area (Å²) in [5.74, 6) is -1.79. The summed E-state index contributed by atoms with van der Waals surface area (Å²) in [5.41, 5.74) is 1.17. The highest BCUT2D eigenvalue weighted by Crippen LogP contribution is 2.48. The molecule has 0 aliphatic heterocycles. The molecule has 0 spiro atoms. The van der Waals surface area contributed by atoms with Gasteiger partial charge in [0.15, 0.2) is 0 Å². The third-order valence-electron chi connectivity index (χ3n) is 5.35. The largest absolute Gasteiger partial charge is 0.550 e. The van der Waals surface area contributed by atoms with Gasteiger partial charge in [-0.1, -0.05) is 30.3 Å². The molecule has 2 bridgehead atoms. The van der Waals surface area contributed by atoms with E-state index in [1.165, 1.54) is 5.56 Å². The van der Waals surface area contributed by atoms with Gasteiger partial charge >= 0.3 is 0 Å². The maximum absolute atomic E-state index is 12.5. The van der Waals surface area contributed by atoms with Gasteiger partial charge in [-0.05, 0) is 49.5 Å². The Morgan fingerprint density at radius 1 is 1.00 bits per heavy atom. The molecule has 0 unspecified atom stereocenters. The number of rotatable bonds is 5. The van der Waals surface area contributed by atoms with Gasteiger partial charge in [-0.25, -0.2) is 0 Å². The number of carbonyl (C=O) groups is 2. The number of carboxylic acids is 1. The van der Waals surface area contributed by atoms with Gasteiger partial charge in [0.05, 0.1) is 0 Å². The molecule has 4 heteroatoms. The summed E-state index contributed by atoms with van der Waals surface area (Å²) < 4.78 is 0. The number of hydrogen-bond donors (Lipinski definition) is 1. The quantitative estimate of drug-likeness (QED) is 0.887. The molecule has 0 aromatic heterocycles. The predicted octanol–water partition coefficient (Wildman–Crippen LogP) is 1.15. The summed E-state index contributed by atoms with van der Waals surface area (Å²) in [5, 5.41) is 14.4. The normalized spacial score (nSPS) is 30.0. The Hall–Kier alpha value is -1.84. The summed E-state index contributed by atoms with van der Waals surface area (Å²) in [7, 11) is 0. The first kappa shape index (κ1) is 15.1. The fraction of sp³-hybridized carbons (Fsp3) is 0.556. The number of hydrogen-bond acceptors (Lipinski definition) is 3. The molecule has 3 aliphatic carbocycles. The molecule has 0 saturated heterocycles. The molecule has 3 saturated carbocycles. The van der Waals surface area contributed by atoms with Gasteiger partial charge in [-0.2, -0.15) is 0 Å². The van der Waals surface area contributed by atoms with Crippen LogP contribution in [0.3, 0.4) is 0 Å². The van der Waals surface area contributed by atoms with E-state index in [9.17, 15) is 14.7 Å². The van der Waals surface area contributed by atoms with E-state index in [-0.39, 0.29) is 17.7 Å². The molecule has 1 aromatic rings. The Morgan fingerprint density at radius 2 is 1.59 bits per heavy atom. The van der Waals surface area contributed by atoms with Crippen LogP contribution in [0.2, 0.25) is 0 Å². The minimum Gasteiger partial charge on any atom is -0.550 e. The first-order valence-electron chi connectivity index (χ1n) is 8.19. The van der Waals surface area contributed by atoms with Crippen LogP contribution in [0.1, 0.15) is 31.2 Å². The molecule has 2 atom stereocenters. The highest BCUT2D eigenvalue weighted by atomic mass is 16.4. The Morgan fingerprint density at radius 3 is 2.18 bits per heavy atom. The smallest absolute Gasteiger partial charge is 0.224 e. The molecule has 3 fully saturated rings. The molecule has 4 rings (SSSR count). The number of benzene rings is 1. The zero-order chi connectivity index (χ0) is 15.5. The molecular formula is C18H22NO3-. The SMILES string of the molecule is O=C([O-])[C@H]1C2CCC(CC2)[C@@H]1C(=O)NCCc1ccccc1. The fourth-order valence-corrected chi connectivity index (χ4v) is 4.26. The Labute approximate surface area is 130 Å². The predicted molar refractivity (Wildman–Crippen MR) is 80.6 cm³/mol. The zero-order valence-corrected chi connectivity index (χ0v) is 12.7. The van der Waals surface area contributed by atoms with Gasteiger partial charge in [-0.15, -0.1) is 0 Å². The average Bonchev–Trinajstić information content (AvgIpc) is 2.55. The van der Waals surface area contributed by atoms with Crippen LogP contribution >= 0.6 is 0 Å². The van der Waals surface area contributed by atoms with Crippen LogP contribution in [0.25, 0.3) is 0 Å². The summed E-state index contributed by atoms with van der Waals surface area (Å²) in [6.45, 7) is 0.552. The summed E-state index contributed by atoms with van der Waals surface area (Å²) in [4.78, 5) is 24.0. The number of amides is 1. The number of nitrogens with one attached hydrogen (secondary N) is 1. The third kappa shape index (κ3) is 3.01. The van der Waals surface area contributed by atoms with Crippen molar-refractivity contribution in [3.63, 3.8) is 0 Å². The van der Waals surface area contributed by atoms with Crippen molar-refractivity contribution in [2.75, 3.05) is 6.54 Å². The van der Waals surface area contributed by atoms with Crippen molar-refractivity contribution in [1.82, 2.24) is 5.32 Å². The van der Waals surface area contributed by atoms with Gasteiger partial charge in [-0.3, -0.25) is 4.79 Å². The van der Waals surface area contributed by atoms with E-state index in [1.807, 2.05) is 30.3 Å². The molecule has 1 N–H and O–H groups in total. The average molecular weight is 300 g/mol. The molecule has 0 radical (unpaired) electrons. The second-order valence-corrected chi connectivity index (χ2v) is 6.57. The monoisotopic (exact) mass is 300 g/mol. The number of aliphatic carboxylic acids is 1. The van der Waals surface area contributed by atoms with Crippen molar-refractivity contribution in [2.24, 2.45) is 23.7 Å². The van der Waals surface area contributed by atoms with Crippen molar-refractivity contribution in [3.05, 3.63) is 35.9 Å². The lowest BCUT2D eigenvalue weighted by Crippen LogP contribution is -2.54.